The standard InChI is InChI=1S/C18H36O.2Na.2H/c1-2-3-4-5-6-7-8-9-10-11-12-13-14-15-16-17-18-19;;;;/h9-10,19H,2-8,11-18H2,1H3;;;;. The van der Waals surface area contributed by atoms with Gasteiger partial charge in [0.2, 0.25) is 0 Å². The third kappa shape index (κ3) is 26.9. The van der Waals surface area contributed by atoms with Crippen molar-refractivity contribution in [2.24, 2.45) is 0 Å². The van der Waals surface area contributed by atoms with Crippen molar-refractivity contribution in [1.82, 2.24) is 0 Å². The van der Waals surface area contributed by atoms with E-state index in [1.165, 1.54) is 83.5 Å². The summed E-state index contributed by atoms with van der Waals surface area (Å²) in [5.74, 6) is 0. The molecule has 0 unspecified atom stereocenters. The molecule has 0 aromatic carbocycles. The number of hydrogen-bond acceptors (Lipinski definition) is 1. The van der Waals surface area contributed by atoms with Crippen LogP contribution in [0.2, 0.25) is 0 Å². The molecule has 0 amide bonds. The van der Waals surface area contributed by atoms with Crippen LogP contribution < -0.4 is 0 Å². The summed E-state index contributed by atoms with van der Waals surface area (Å²) in [6.07, 6.45) is 23.2. The molecule has 21 heavy (non-hydrogen) atoms. The second kappa shape index (κ2) is 26.6. The minimum absolute atomic E-state index is 0. The number of rotatable bonds is 15. The molecule has 1 N–H and O–H groups in total. The van der Waals surface area contributed by atoms with Crippen LogP contribution in [0.1, 0.15) is 96.8 Å². The first-order valence-corrected chi connectivity index (χ1v) is 8.67. The van der Waals surface area contributed by atoms with Crippen molar-refractivity contribution in [1.29, 1.82) is 0 Å². The quantitative estimate of drug-likeness (QED) is 0.263. The molecular weight excluding hydrogens is 278 g/mol. The molecule has 0 atom stereocenters. The van der Waals surface area contributed by atoms with Gasteiger partial charge in [0.05, 0.1) is 0 Å². The summed E-state index contributed by atoms with van der Waals surface area (Å²) in [6.45, 7) is 2.64. The first-order valence-electron chi connectivity index (χ1n) is 8.67. The van der Waals surface area contributed by atoms with Gasteiger partial charge in [-0.3, -0.25) is 0 Å². The van der Waals surface area contributed by atoms with E-state index in [0.717, 1.165) is 6.42 Å². The van der Waals surface area contributed by atoms with Crippen molar-refractivity contribution < 1.29 is 5.11 Å². The Balaban J connectivity index is -0.00000162. The fourth-order valence-electron chi connectivity index (χ4n) is 2.36. The van der Waals surface area contributed by atoms with Crippen molar-refractivity contribution in [2.75, 3.05) is 6.61 Å². The summed E-state index contributed by atoms with van der Waals surface area (Å²) in [6, 6.07) is 0. The van der Waals surface area contributed by atoms with Crippen LogP contribution in [0.25, 0.3) is 0 Å². The zero-order valence-corrected chi connectivity index (χ0v) is 13.2. The maximum absolute atomic E-state index is 8.66. The Bertz CT molecular complexity index is 184. The van der Waals surface area contributed by atoms with Crippen molar-refractivity contribution in [3.63, 3.8) is 0 Å². The molecule has 0 heterocycles. The van der Waals surface area contributed by atoms with E-state index < -0.39 is 0 Å². The Morgan fingerprint density at radius 3 is 1.38 bits per heavy atom. The van der Waals surface area contributed by atoms with Gasteiger partial charge in [-0.15, -0.1) is 0 Å². The Labute approximate surface area is 178 Å². The Hall–Kier alpha value is 1.70. The van der Waals surface area contributed by atoms with Crippen LogP contribution in [-0.2, 0) is 0 Å². The van der Waals surface area contributed by atoms with E-state index in [9.17, 15) is 0 Å². The third-order valence-corrected chi connectivity index (χ3v) is 3.67. The second-order valence-corrected chi connectivity index (χ2v) is 5.66. The Morgan fingerprint density at radius 1 is 0.571 bits per heavy atom. The van der Waals surface area contributed by atoms with Gasteiger partial charge in [0, 0.05) is 6.61 Å². The third-order valence-electron chi connectivity index (χ3n) is 3.67. The van der Waals surface area contributed by atoms with Crippen LogP contribution in [0.5, 0.6) is 0 Å². The van der Waals surface area contributed by atoms with Crippen LogP contribution in [0.4, 0.5) is 0 Å². The SMILES string of the molecule is CCCCCCCCC=CCCCCCCCCO.[NaH].[NaH]. The first kappa shape index (κ1) is 27.5. The number of hydrogen-bond donors (Lipinski definition) is 1. The average molecular weight is 316 g/mol. The molecule has 0 aliphatic carbocycles. The normalized spacial score (nSPS) is 10.4. The summed E-state index contributed by atoms with van der Waals surface area (Å²) < 4.78 is 0. The topological polar surface area (TPSA) is 20.2 Å². The summed E-state index contributed by atoms with van der Waals surface area (Å²) in [5, 5.41) is 8.66. The van der Waals surface area contributed by atoms with Gasteiger partial charge in [0.15, 0.2) is 0 Å². The van der Waals surface area contributed by atoms with E-state index >= 15 is 0 Å². The molecule has 0 radical (unpaired) electrons. The van der Waals surface area contributed by atoms with E-state index in [1.807, 2.05) is 0 Å². The average Bonchev–Trinajstić information content (AvgIpc) is 2.43. The molecule has 0 bridgehead atoms. The molecule has 118 valence electrons. The molecule has 0 spiro atoms. The Morgan fingerprint density at radius 2 is 0.952 bits per heavy atom. The number of unbranched alkanes of at least 4 members (excludes halogenated alkanes) is 12. The first-order chi connectivity index (χ1) is 9.41. The fourth-order valence-corrected chi connectivity index (χ4v) is 2.36. The number of allylic oxidation sites excluding steroid dienone is 2. The van der Waals surface area contributed by atoms with Gasteiger partial charge >= 0.3 is 59.1 Å². The molecule has 0 saturated heterocycles. The van der Waals surface area contributed by atoms with Gasteiger partial charge in [-0.25, -0.2) is 0 Å². The molecule has 0 saturated carbocycles. The Kier molecular flexibility index (Phi) is 34.9. The predicted molar refractivity (Wildman–Crippen MR) is 101 cm³/mol. The number of aliphatic hydroxyl groups excluding tert-OH is 1. The molecule has 0 fully saturated rings. The van der Waals surface area contributed by atoms with Crippen molar-refractivity contribution in [2.45, 2.75) is 96.8 Å². The minimum atomic E-state index is 0. The van der Waals surface area contributed by atoms with Crippen LogP contribution in [0.3, 0.4) is 0 Å². The molecule has 0 rings (SSSR count). The maximum atomic E-state index is 8.66. The zero-order chi connectivity index (χ0) is 14.0. The van der Waals surface area contributed by atoms with Gasteiger partial charge in [0.1, 0.15) is 0 Å². The summed E-state index contributed by atoms with van der Waals surface area (Å²) in [7, 11) is 0. The fraction of sp³-hybridized carbons (Fsp3) is 0.889. The van der Waals surface area contributed by atoms with Gasteiger partial charge in [-0.1, -0.05) is 76.9 Å². The monoisotopic (exact) mass is 316 g/mol. The summed E-state index contributed by atoms with van der Waals surface area (Å²) in [5.41, 5.74) is 0. The van der Waals surface area contributed by atoms with E-state index in [-0.39, 0.29) is 59.1 Å². The van der Waals surface area contributed by atoms with Gasteiger partial charge in [-0.05, 0) is 32.1 Å². The molecule has 0 aliphatic heterocycles. The van der Waals surface area contributed by atoms with E-state index in [4.69, 9.17) is 5.11 Å². The van der Waals surface area contributed by atoms with Crippen LogP contribution in [0.15, 0.2) is 12.2 Å². The van der Waals surface area contributed by atoms with Crippen LogP contribution in [-0.4, -0.2) is 70.8 Å². The molecule has 1 nitrogen and oxygen atoms in total. The molecule has 3 heteroatoms. The zero-order valence-electron chi connectivity index (χ0n) is 13.2. The van der Waals surface area contributed by atoms with Crippen molar-refractivity contribution >= 4 is 59.1 Å². The summed E-state index contributed by atoms with van der Waals surface area (Å²) in [4.78, 5) is 0. The van der Waals surface area contributed by atoms with Crippen LogP contribution >= 0.6 is 0 Å². The van der Waals surface area contributed by atoms with Gasteiger partial charge < -0.3 is 5.11 Å². The van der Waals surface area contributed by atoms with Crippen LogP contribution in [0, 0.1) is 0 Å². The van der Waals surface area contributed by atoms with E-state index in [1.54, 1.807) is 0 Å². The summed E-state index contributed by atoms with van der Waals surface area (Å²) >= 11 is 0. The van der Waals surface area contributed by atoms with E-state index in [2.05, 4.69) is 19.1 Å². The molecule has 0 aromatic rings. The number of aliphatic hydroxyl groups is 1. The molecule has 0 aromatic heterocycles. The predicted octanol–water partition coefficient (Wildman–Crippen LogP) is 4.72. The van der Waals surface area contributed by atoms with Gasteiger partial charge in [0.25, 0.3) is 0 Å². The van der Waals surface area contributed by atoms with Crippen molar-refractivity contribution in [3.8, 4) is 0 Å². The van der Waals surface area contributed by atoms with Gasteiger partial charge in [-0.2, -0.15) is 0 Å². The molecular formula is C18H38Na2O. The molecule has 0 aliphatic rings. The van der Waals surface area contributed by atoms with Crippen molar-refractivity contribution in [3.05, 3.63) is 12.2 Å². The second-order valence-electron chi connectivity index (χ2n) is 5.66. The van der Waals surface area contributed by atoms with E-state index in [0.29, 0.717) is 6.61 Å².